The molecule has 136 heavy (non-hydrogen) atoms. The van der Waals surface area contributed by atoms with Crippen molar-refractivity contribution in [2.75, 3.05) is 19.8 Å². The van der Waals surface area contributed by atoms with E-state index in [9.17, 15) is 4.79 Å². The molecule has 15 aromatic rings. The Labute approximate surface area is 818 Å². The molecule has 4 nitrogen and oxygen atoms in total. The van der Waals surface area contributed by atoms with E-state index in [1.54, 1.807) is 0 Å². The molecule has 1 atom stereocenters. The molecule has 0 radical (unpaired) electrons. The van der Waals surface area contributed by atoms with E-state index in [1.165, 1.54) is 207 Å². The van der Waals surface area contributed by atoms with Crippen LogP contribution in [0.5, 0.6) is 0 Å². The number of cyclic esters (lactones) is 1. The molecule has 0 saturated heterocycles. The zero-order valence-electron chi connectivity index (χ0n) is 85.3. The molecule has 1 fully saturated rings. The molecule has 15 aromatic carbocycles. The van der Waals surface area contributed by atoms with Crippen LogP contribution in [0.2, 0.25) is 0 Å². The molecular weight excluding hydrogens is 1650 g/mol. The summed E-state index contributed by atoms with van der Waals surface area (Å²) in [5, 5.41) is 0. The first-order chi connectivity index (χ1) is 65.8. The van der Waals surface area contributed by atoms with Crippen molar-refractivity contribution >= 4 is 5.97 Å². The molecule has 19 rings (SSSR count). The molecule has 4 heteroatoms. The van der Waals surface area contributed by atoms with E-state index in [4.69, 9.17) is 14.2 Å². The highest BCUT2D eigenvalue weighted by molar-refractivity contribution is 5.96. The van der Waals surface area contributed by atoms with Gasteiger partial charge < -0.3 is 14.2 Å². The van der Waals surface area contributed by atoms with Gasteiger partial charge in [-0.2, -0.15) is 0 Å². The predicted molar refractivity (Wildman–Crippen MR) is 579 cm³/mol. The number of carbonyl (C=O) groups excluding carboxylic acids is 1. The average Bonchev–Trinajstić information content (AvgIpc) is 1.51. The number of esters is 1. The lowest BCUT2D eigenvalue weighted by Gasteiger charge is -2.34. The smallest absolute Gasteiger partial charge is 0.340 e. The van der Waals surface area contributed by atoms with Gasteiger partial charge >= 0.3 is 5.97 Å². The summed E-state index contributed by atoms with van der Waals surface area (Å²) in [6.07, 6.45) is 14.7. The maximum atomic E-state index is 12.5. The number of hydrogen-bond donors (Lipinski definition) is 0. The highest BCUT2D eigenvalue weighted by Gasteiger charge is 2.50. The van der Waals surface area contributed by atoms with Crippen molar-refractivity contribution in [1.29, 1.82) is 0 Å². The van der Waals surface area contributed by atoms with Crippen molar-refractivity contribution in [3.05, 3.63) is 496 Å². The minimum absolute atomic E-state index is 0.269. The van der Waals surface area contributed by atoms with Crippen molar-refractivity contribution < 1.29 is 19.0 Å². The van der Waals surface area contributed by atoms with Crippen molar-refractivity contribution in [3.8, 4) is 33.4 Å². The Kier molecular flexibility index (Phi) is 37.3. The first-order valence-electron chi connectivity index (χ1n) is 50.4. The summed E-state index contributed by atoms with van der Waals surface area (Å²) in [6, 6.07) is 127. The fourth-order valence-corrected chi connectivity index (χ4v) is 19.3. The van der Waals surface area contributed by atoms with E-state index in [2.05, 4.69) is 442 Å². The van der Waals surface area contributed by atoms with Gasteiger partial charge in [0.25, 0.3) is 0 Å². The fourth-order valence-electron chi connectivity index (χ4n) is 19.3. The average molecular weight is 1800 g/mol. The quantitative estimate of drug-likeness (QED) is 0.0563. The highest BCUT2D eigenvalue weighted by Crippen LogP contribution is 2.58. The van der Waals surface area contributed by atoms with E-state index < -0.39 is 5.60 Å². The molecule has 1 saturated carbocycles. The van der Waals surface area contributed by atoms with Crippen LogP contribution in [-0.4, -0.2) is 31.9 Å². The Morgan fingerprint density at radius 2 is 0.566 bits per heavy atom. The topological polar surface area (TPSA) is 44.8 Å². The van der Waals surface area contributed by atoms with Gasteiger partial charge in [-0.05, 0) is 270 Å². The Hall–Kier alpha value is -12.3. The molecule has 1 aliphatic heterocycles. The van der Waals surface area contributed by atoms with Gasteiger partial charge in [0.2, 0.25) is 0 Å². The zero-order chi connectivity index (χ0) is 96.9. The van der Waals surface area contributed by atoms with E-state index in [0.29, 0.717) is 17.6 Å². The SMILES string of the molecule is CCC(C)OCC(C)C.CCCCCC.CCCOCCC.Cc1ccc(-c2ccc(C)cc2)cc1.Cc1ccc(C2(c3ccc(C)c(C)c3)c3ccccc3-c3ccccc32)cc1C.Cc1ccc(C2(c3ccc(C)cc3)OC(=O)c3ccccc32)cc1.Cc1ccc(C2(c3ccc(C)cc3)c3ccccc3-c3ccccc32)cc1.Cc1ccc(C2CCC(c3ccc(C)cc3)CC2)cc1. The summed E-state index contributed by atoms with van der Waals surface area (Å²) in [5.41, 5.74) is 39.6. The summed E-state index contributed by atoms with van der Waals surface area (Å²) in [6.45, 7) is 45.8. The lowest BCUT2D eigenvalue weighted by Crippen LogP contribution is -2.29. The molecule has 0 aromatic heterocycles. The van der Waals surface area contributed by atoms with Crippen molar-refractivity contribution in [1.82, 2.24) is 0 Å². The second kappa shape index (κ2) is 49.4. The number of unbranched alkanes of at least 4 members (excludes halogenated alkanes) is 3. The van der Waals surface area contributed by atoms with Gasteiger partial charge in [0.1, 0.15) is 0 Å². The molecule has 0 bridgehead atoms. The highest BCUT2D eigenvalue weighted by atomic mass is 16.6. The summed E-state index contributed by atoms with van der Waals surface area (Å²) in [7, 11) is 0. The van der Waals surface area contributed by atoms with Gasteiger partial charge in [0.15, 0.2) is 5.60 Å². The first kappa shape index (κ1) is 103. The lowest BCUT2D eigenvalue weighted by molar-refractivity contribution is 0.0251. The minimum Gasteiger partial charge on any atom is -0.441 e. The number of benzene rings is 15. The molecule has 0 N–H and O–H groups in total. The lowest BCUT2D eigenvalue weighted by atomic mass is 9.67. The molecule has 1 unspecified atom stereocenters. The second-order valence-electron chi connectivity index (χ2n) is 38.7. The molecule has 1 heterocycles. The van der Waals surface area contributed by atoms with E-state index >= 15 is 0 Å². The van der Waals surface area contributed by atoms with Crippen LogP contribution in [0, 0.1) is 89.0 Å². The number of carbonyl (C=O) groups is 1. The Balaban J connectivity index is 0.000000146. The van der Waals surface area contributed by atoms with E-state index in [-0.39, 0.29) is 16.8 Å². The van der Waals surface area contributed by atoms with Crippen LogP contribution in [0.3, 0.4) is 0 Å². The minimum atomic E-state index is -0.880. The molecule has 0 amide bonds. The fraction of sp³-hybridized carbons (Fsp3) is 0.311. The van der Waals surface area contributed by atoms with Gasteiger partial charge in [-0.25, -0.2) is 4.79 Å². The standard InChI is InChI=1S/C29H26.C27H22.C22H18O2.C20H24.C14H14.C8H18O.C6H14O.C6H14/c1-19-13-15-23(17-21(19)3)29(24-16-14-20(2)22(4)18-24)27-11-7-5-9-25(27)26-10-6-8-12-28(26)29;1-19-11-15-21(16-12-19)27(22-17-13-20(2)14-18-22)25-9-5-3-7-23(25)24-8-4-6-10-26(24)27;1-15-7-11-17(12-8-15)22(18-13-9-16(2)10-14-18)20-6-4-3-5-19(20)21(23)24-22;1-15-3-7-17(8-4-15)19-11-13-20(14-12-19)18-9-5-16(2)6-10-18;1-11-3-7-13(8-4-11)14-9-5-12(2)6-10-14;1-5-8(4)9-6-7(2)3;1-3-5-7-6-4-2;1-3-5-6-4-2/h5-18H,1-4H3;3-18H,1-2H3;3-14H,1-2H3;3-10,19-20H,11-14H2,1-2H3;3-10H,1-2H3;7-8H,5-6H2,1-4H3;3-6H2,1-2H3;3-6H2,1-2H3. The molecule has 3 aliphatic carbocycles. The summed E-state index contributed by atoms with van der Waals surface area (Å²) < 4.78 is 16.6. The Bertz CT molecular complexity index is 5900. The molecular formula is C132H150O4. The van der Waals surface area contributed by atoms with Gasteiger partial charge in [-0.15, -0.1) is 0 Å². The van der Waals surface area contributed by atoms with Crippen LogP contribution in [0.4, 0.5) is 0 Å². The van der Waals surface area contributed by atoms with Crippen LogP contribution in [0.1, 0.15) is 287 Å². The summed E-state index contributed by atoms with van der Waals surface area (Å²) in [5.74, 6) is 1.94. The number of rotatable bonds is 20. The van der Waals surface area contributed by atoms with Crippen LogP contribution in [-0.2, 0) is 30.6 Å². The van der Waals surface area contributed by atoms with E-state index in [0.717, 1.165) is 67.6 Å². The van der Waals surface area contributed by atoms with Crippen molar-refractivity contribution in [3.63, 3.8) is 0 Å². The largest absolute Gasteiger partial charge is 0.441 e. The Morgan fingerprint density at radius 1 is 0.294 bits per heavy atom. The number of aryl methyl sites for hydroxylation is 12. The number of hydrogen-bond acceptors (Lipinski definition) is 4. The molecule has 4 aliphatic rings. The van der Waals surface area contributed by atoms with Crippen molar-refractivity contribution in [2.45, 2.75) is 243 Å². The third kappa shape index (κ3) is 24.7. The monoisotopic (exact) mass is 1800 g/mol. The normalized spacial score (nSPS) is 14.6. The summed E-state index contributed by atoms with van der Waals surface area (Å²) in [4.78, 5) is 12.5. The third-order valence-corrected chi connectivity index (χ3v) is 27.6. The van der Waals surface area contributed by atoms with E-state index in [1.807, 2.05) is 48.5 Å². The van der Waals surface area contributed by atoms with Gasteiger partial charge in [-0.3, -0.25) is 0 Å². The maximum absolute atomic E-state index is 12.5. The van der Waals surface area contributed by atoms with Crippen molar-refractivity contribution in [2.24, 2.45) is 5.92 Å². The van der Waals surface area contributed by atoms with Crippen LogP contribution >= 0.6 is 0 Å². The van der Waals surface area contributed by atoms with Crippen LogP contribution in [0.25, 0.3) is 33.4 Å². The van der Waals surface area contributed by atoms with Crippen LogP contribution < -0.4 is 0 Å². The number of ether oxygens (including phenoxy) is 3. The number of fused-ring (bicyclic) bond motifs is 7. The first-order valence-corrected chi connectivity index (χ1v) is 50.4. The zero-order valence-corrected chi connectivity index (χ0v) is 85.3. The van der Waals surface area contributed by atoms with Gasteiger partial charge in [-0.1, -0.05) is 464 Å². The second-order valence-corrected chi connectivity index (χ2v) is 38.7. The van der Waals surface area contributed by atoms with Gasteiger partial charge in [0, 0.05) is 36.5 Å². The Morgan fingerprint density at radius 3 is 0.860 bits per heavy atom. The van der Waals surface area contributed by atoms with Gasteiger partial charge in [0.05, 0.1) is 22.5 Å². The predicted octanol–water partition coefficient (Wildman–Crippen LogP) is 35.3. The molecule has 702 valence electrons. The van der Waals surface area contributed by atoms with Crippen LogP contribution in [0.15, 0.2) is 352 Å². The maximum Gasteiger partial charge on any atom is 0.340 e. The molecule has 0 spiro atoms. The third-order valence-electron chi connectivity index (χ3n) is 27.6. The summed E-state index contributed by atoms with van der Waals surface area (Å²) >= 11 is 0.